The van der Waals surface area contributed by atoms with Gasteiger partial charge in [-0.05, 0) is 24.8 Å². The Balaban J connectivity index is 0.00000192. The number of aromatic nitrogens is 4. The molecule has 0 bridgehead atoms. The number of imidazole rings is 1. The third-order valence-corrected chi connectivity index (χ3v) is 6.25. The smallest absolute Gasteiger partial charge is 0.689 e. The van der Waals surface area contributed by atoms with E-state index in [9.17, 15) is 13.2 Å². The Morgan fingerprint density at radius 3 is 2.39 bits per heavy atom. The molecular weight excluding hydrogens is 588 g/mol. The number of halogens is 4. The van der Waals surface area contributed by atoms with Crippen LogP contribution in [0.15, 0.2) is 36.3 Å². The Labute approximate surface area is 284 Å². The van der Waals surface area contributed by atoms with Gasteiger partial charge in [0.15, 0.2) is 17.3 Å². The van der Waals surface area contributed by atoms with Crippen LogP contribution in [0.1, 0.15) is 43.8 Å². The third kappa shape index (κ3) is 8.45. The van der Waals surface area contributed by atoms with Crippen LogP contribution < -0.4 is 60.9 Å². The van der Waals surface area contributed by atoms with Gasteiger partial charge in [0.05, 0.1) is 26.0 Å². The zero-order chi connectivity index (χ0) is 29.6. The van der Waals surface area contributed by atoms with Gasteiger partial charge < -0.3 is 24.1 Å². The Morgan fingerprint density at radius 1 is 1.20 bits per heavy atom. The molecule has 2 aromatic heterocycles. The van der Waals surface area contributed by atoms with Crippen molar-refractivity contribution in [3.63, 3.8) is 0 Å². The molecule has 3 aromatic rings. The Kier molecular flexibility index (Phi) is 13.1. The van der Waals surface area contributed by atoms with Crippen molar-refractivity contribution in [2.45, 2.75) is 39.5 Å². The standard InChI is InChI=1S/C25H25ClF3N6O3.C2H6.K/c1-31-20(13-5-6-13)19(21(30)37-4)22-32-10-17(36-3)24(34-22)38-12-15-8-7-14(9-16(15)26)23-33-18(11-35(23)2)25(27,28)29;1-2;/h7-11,13,30H,5-6,12H2,1-4H3;1-2H3;/q-1;;+1/b20-19+,30-21?;;. The summed E-state index contributed by atoms with van der Waals surface area (Å²) in [5.41, 5.74) is 1.06. The first-order valence-corrected chi connectivity index (χ1v) is 12.9. The number of benzene rings is 1. The molecule has 1 saturated carbocycles. The quantitative estimate of drug-likeness (QED) is 0.221. The van der Waals surface area contributed by atoms with E-state index in [-0.39, 0.29) is 98.1 Å². The molecule has 1 aliphatic carbocycles. The zero-order valence-electron chi connectivity index (χ0n) is 24.1. The summed E-state index contributed by atoms with van der Waals surface area (Å²) in [7, 11) is 5.97. The molecule has 0 amide bonds. The number of aryl methyl sites for hydroxylation is 1. The maximum absolute atomic E-state index is 13.0. The van der Waals surface area contributed by atoms with Crippen molar-refractivity contribution < 1.29 is 78.8 Å². The van der Waals surface area contributed by atoms with Crippen molar-refractivity contribution >= 4 is 23.1 Å². The van der Waals surface area contributed by atoms with Crippen LogP contribution in [0.5, 0.6) is 11.6 Å². The molecule has 0 spiro atoms. The van der Waals surface area contributed by atoms with E-state index in [2.05, 4.69) is 20.3 Å². The maximum Gasteiger partial charge on any atom is 1.00 e. The molecular formula is C27H31ClF3KN6O3. The van der Waals surface area contributed by atoms with Gasteiger partial charge in [0.1, 0.15) is 12.4 Å². The van der Waals surface area contributed by atoms with Crippen molar-refractivity contribution in [3.05, 3.63) is 63.7 Å². The van der Waals surface area contributed by atoms with E-state index in [1.165, 1.54) is 38.1 Å². The van der Waals surface area contributed by atoms with E-state index in [1.807, 2.05) is 13.8 Å². The normalized spacial score (nSPS) is 13.2. The molecule has 41 heavy (non-hydrogen) atoms. The average Bonchev–Trinajstić information content (AvgIpc) is 3.70. The van der Waals surface area contributed by atoms with Crippen molar-refractivity contribution in [2.75, 3.05) is 21.3 Å². The van der Waals surface area contributed by atoms with E-state index in [4.69, 9.17) is 31.2 Å². The summed E-state index contributed by atoms with van der Waals surface area (Å²) in [6, 6.07) is 4.78. The van der Waals surface area contributed by atoms with E-state index in [0.29, 0.717) is 22.4 Å². The van der Waals surface area contributed by atoms with E-state index in [1.54, 1.807) is 19.2 Å². The molecule has 9 nitrogen and oxygen atoms in total. The minimum absolute atomic E-state index is 0. The number of rotatable bonds is 9. The zero-order valence-corrected chi connectivity index (χ0v) is 27.9. The number of hydrogen-bond acceptors (Lipinski definition) is 7. The monoisotopic (exact) mass is 618 g/mol. The molecule has 0 unspecified atom stereocenters. The second-order valence-corrected chi connectivity index (χ2v) is 8.92. The summed E-state index contributed by atoms with van der Waals surface area (Å²) >= 11 is 6.44. The summed E-state index contributed by atoms with van der Waals surface area (Å²) in [6.07, 6.45) is -0.283. The molecule has 1 aliphatic rings. The summed E-state index contributed by atoms with van der Waals surface area (Å²) in [5.74, 6) is 0.806. The number of nitrogens with one attached hydrogen (secondary N) is 1. The first kappa shape index (κ1) is 35.0. The van der Waals surface area contributed by atoms with Gasteiger partial charge in [-0.15, -0.1) is 12.7 Å². The molecule has 0 saturated heterocycles. The van der Waals surface area contributed by atoms with Crippen molar-refractivity contribution in [3.8, 4) is 23.0 Å². The number of alkyl halides is 3. The summed E-state index contributed by atoms with van der Waals surface area (Å²) < 4.78 is 56.9. The summed E-state index contributed by atoms with van der Waals surface area (Å²) in [6.45, 7) is 3.98. The van der Waals surface area contributed by atoms with Crippen LogP contribution in [0.4, 0.5) is 13.2 Å². The van der Waals surface area contributed by atoms with Gasteiger partial charge in [0, 0.05) is 29.4 Å². The van der Waals surface area contributed by atoms with E-state index >= 15 is 0 Å². The predicted molar refractivity (Wildman–Crippen MR) is 147 cm³/mol. The molecule has 14 heteroatoms. The van der Waals surface area contributed by atoms with Gasteiger partial charge in [-0.25, -0.2) is 9.97 Å². The summed E-state index contributed by atoms with van der Waals surface area (Å²) in [5, 5.41) is 12.9. The predicted octanol–water partition coefficient (Wildman–Crippen LogP) is 3.92. The molecule has 4 rings (SSSR count). The van der Waals surface area contributed by atoms with Gasteiger partial charge in [-0.2, -0.15) is 18.2 Å². The number of ether oxygens (including phenoxy) is 3. The fraction of sp³-hybridized carbons (Fsp3) is 0.407. The molecule has 0 atom stereocenters. The minimum atomic E-state index is -4.55. The number of hydrogen-bond donors (Lipinski definition) is 1. The van der Waals surface area contributed by atoms with Gasteiger partial charge >= 0.3 is 57.6 Å². The van der Waals surface area contributed by atoms with Crippen LogP contribution in [0.2, 0.25) is 5.02 Å². The Hall–Kier alpha value is -2.16. The molecule has 2 heterocycles. The van der Waals surface area contributed by atoms with Crippen molar-refractivity contribution in [1.82, 2.24) is 19.5 Å². The first-order valence-electron chi connectivity index (χ1n) is 12.5. The Bertz CT molecular complexity index is 1390. The fourth-order valence-electron chi connectivity index (χ4n) is 3.83. The Morgan fingerprint density at radius 2 is 1.88 bits per heavy atom. The second kappa shape index (κ2) is 15.3. The van der Waals surface area contributed by atoms with Crippen LogP contribution in [0.25, 0.3) is 22.3 Å². The second-order valence-electron chi connectivity index (χ2n) is 8.51. The number of methoxy groups -OCH3 is 2. The number of allylic oxidation sites excluding steroid dienone is 1. The molecule has 0 radical (unpaired) electrons. The molecule has 1 aromatic carbocycles. The number of nitrogens with zero attached hydrogens (tertiary/aromatic N) is 5. The van der Waals surface area contributed by atoms with Crippen LogP contribution in [-0.4, -0.2) is 46.7 Å². The largest absolute Gasteiger partial charge is 1.00 e. The first-order chi connectivity index (χ1) is 19.1. The van der Waals surface area contributed by atoms with E-state index < -0.39 is 11.9 Å². The third-order valence-electron chi connectivity index (χ3n) is 5.90. The molecule has 1 fully saturated rings. The van der Waals surface area contributed by atoms with Crippen LogP contribution in [-0.2, 0) is 24.6 Å². The molecule has 216 valence electrons. The topological polar surface area (TPSA) is 109 Å². The molecule has 1 N–H and O–H groups in total. The minimum Gasteiger partial charge on any atom is -0.689 e. The summed E-state index contributed by atoms with van der Waals surface area (Å²) in [4.78, 5) is 12.5. The van der Waals surface area contributed by atoms with Gasteiger partial charge in [-0.3, -0.25) is 5.41 Å². The van der Waals surface area contributed by atoms with Gasteiger partial charge in [0.2, 0.25) is 5.90 Å². The van der Waals surface area contributed by atoms with Crippen LogP contribution in [0.3, 0.4) is 0 Å². The molecule has 0 aliphatic heterocycles. The average molecular weight is 619 g/mol. The maximum atomic E-state index is 13.0. The van der Waals surface area contributed by atoms with Gasteiger partial charge in [0.25, 0.3) is 5.88 Å². The van der Waals surface area contributed by atoms with Crippen molar-refractivity contribution in [2.24, 2.45) is 13.0 Å². The van der Waals surface area contributed by atoms with Crippen molar-refractivity contribution in [1.29, 1.82) is 5.41 Å². The van der Waals surface area contributed by atoms with Crippen LogP contribution >= 0.6 is 11.6 Å². The van der Waals surface area contributed by atoms with E-state index in [0.717, 1.165) is 19.0 Å². The SMILES string of the molecule is CC.C[N-]/C(=C(\C(=N)OC)c1ncc(OC)c(OCc2ccc(-c3nc(C(F)(F)F)cn3C)cc2Cl)n1)C1CC1.[K+]. The van der Waals surface area contributed by atoms with Gasteiger partial charge in [-0.1, -0.05) is 37.6 Å². The fourth-order valence-corrected chi connectivity index (χ4v) is 4.06. The van der Waals surface area contributed by atoms with Crippen LogP contribution in [0, 0.1) is 11.3 Å².